The number of alkyl halides is 3. The number of carbonyl (C=O) groups is 1. The van der Waals surface area contributed by atoms with Crippen LogP contribution in [0, 0.1) is 5.82 Å². The summed E-state index contributed by atoms with van der Waals surface area (Å²) in [5, 5.41) is 20.2. The van der Waals surface area contributed by atoms with Gasteiger partial charge in [0.25, 0.3) is 0 Å². The van der Waals surface area contributed by atoms with Gasteiger partial charge in [-0.3, -0.25) is 4.79 Å². The summed E-state index contributed by atoms with van der Waals surface area (Å²) in [5.41, 5.74) is 0.414. The van der Waals surface area contributed by atoms with Crippen LogP contribution in [0.2, 0.25) is 0 Å². The Morgan fingerprint density at radius 2 is 1.77 bits per heavy atom. The van der Waals surface area contributed by atoms with Gasteiger partial charge < -0.3 is 24.9 Å². The van der Waals surface area contributed by atoms with Gasteiger partial charge in [-0.1, -0.05) is 13.0 Å². The van der Waals surface area contributed by atoms with Crippen LogP contribution >= 0.6 is 0 Å². The molecule has 1 aromatic carbocycles. The van der Waals surface area contributed by atoms with Gasteiger partial charge in [0.1, 0.15) is 18.0 Å². The number of benzene rings is 1. The first-order valence-corrected chi connectivity index (χ1v) is 13.4. The molecule has 3 aliphatic rings. The number of rotatable bonds is 5. The molecule has 0 bridgehead atoms. The number of aromatic nitrogens is 2. The summed E-state index contributed by atoms with van der Waals surface area (Å²) >= 11 is 0. The van der Waals surface area contributed by atoms with Crippen molar-refractivity contribution in [3.63, 3.8) is 0 Å². The molecule has 39 heavy (non-hydrogen) atoms. The summed E-state index contributed by atoms with van der Waals surface area (Å²) in [6.45, 7) is 5.06. The highest BCUT2D eigenvalue weighted by atomic mass is 19.4. The number of amides is 1. The second kappa shape index (κ2) is 11.0. The highest BCUT2D eigenvalue weighted by Gasteiger charge is 2.37. The molecule has 0 unspecified atom stereocenters. The number of aliphatic hydroxyl groups is 2. The van der Waals surface area contributed by atoms with E-state index in [2.05, 4.69) is 14.9 Å². The first kappa shape index (κ1) is 27.7. The molecule has 3 heterocycles. The van der Waals surface area contributed by atoms with Crippen LogP contribution in [0.3, 0.4) is 0 Å². The zero-order valence-electron chi connectivity index (χ0n) is 21.7. The van der Waals surface area contributed by atoms with Gasteiger partial charge >= 0.3 is 6.18 Å². The Balaban J connectivity index is 1.34. The van der Waals surface area contributed by atoms with Gasteiger partial charge in [-0.05, 0) is 42.9 Å². The molecule has 0 saturated carbocycles. The molecule has 2 fully saturated rings. The number of nitrogens with zero attached hydrogens (tertiary/aromatic N) is 5. The SMILES string of the molecule is C[C@@H]1C[C@@H](O)c2ncnc(N3CCN(C(=O)[C@@H](CN4CCC(O)CC4)c4ccc(C(F)(F)F)c(F)c4)CC3)c21. The fraction of sp³-hybridized carbons (Fsp3) is 0.593. The van der Waals surface area contributed by atoms with Crippen molar-refractivity contribution in [2.45, 2.75) is 56.4 Å². The van der Waals surface area contributed by atoms with E-state index in [9.17, 15) is 32.6 Å². The Bertz CT molecular complexity index is 1200. The van der Waals surface area contributed by atoms with Gasteiger partial charge in [-0.2, -0.15) is 13.2 Å². The number of carbonyl (C=O) groups excluding carboxylic acids is 1. The minimum absolute atomic E-state index is 0.105. The lowest BCUT2D eigenvalue weighted by Gasteiger charge is -2.39. The van der Waals surface area contributed by atoms with Gasteiger partial charge in [0.05, 0.1) is 29.4 Å². The number of hydrogen-bond acceptors (Lipinski definition) is 7. The molecule has 1 amide bonds. The lowest BCUT2D eigenvalue weighted by Crippen LogP contribution is -2.52. The number of halogens is 4. The van der Waals surface area contributed by atoms with Crippen LogP contribution in [0.15, 0.2) is 24.5 Å². The number of fused-ring (bicyclic) bond motifs is 1. The van der Waals surface area contributed by atoms with Crippen molar-refractivity contribution in [1.82, 2.24) is 19.8 Å². The van der Waals surface area contributed by atoms with Crippen LogP contribution < -0.4 is 4.90 Å². The fourth-order valence-corrected chi connectivity index (χ4v) is 5.98. The molecule has 3 atom stereocenters. The van der Waals surface area contributed by atoms with E-state index < -0.39 is 35.7 Å². The Kier molecular flexibility index (Phi) is 7.80. The van der Waals surface area contributed by atoms with Gasteiger partial charge in [-0.25, -0.2) is 14.4 Å². The number of piperazine rings is 1. The Morgan fingerprint density at radius 1 is 1.08 bits per heavy atom. The minimum atomic E-state index is -4.82. The Labute approximate surface area is 224 Å². The molecule has 1 aliphatic carbocycles. The van der Waals surface area contributed by atoms with Gasteiger partial charge in [0, 0.05) is 51.4 Å². The third-order valence-electron chi connectivity index (χ3n) is 8.17. The summed E-state index contributed by atoms with van der Waals surface area (Å²) in [6, 6.07) is 2.73. The van der Waals surface area contributed by atoms with E-state index >= 15 is 0 Å². The van der Waals surface area contributed by atoms with Crippen molar-refractivity contribution in [3.05, 3.63) is 52.7 Å². The van der Waals surface area contributed by atoms with Crippen molar-refractivity contribution >= 4 is 11.7 Å². The van der Waals surface area contributed by atoms with E-state index in [-0.39, 0.29) is 23.9 Å². The number of piperidine rings is 1. The maximum Gasteiger partial charge on any atom is 0.419 e. The van der Waals surface area contributed by atoms with Crippen LogP contribution in [-0.4, -0.2) is 87.8 Å². The average molecular weight is 552 g/mol. The number of anilines is 1. The largest absolute Gasteiger partial charge is 0.419 e. The van der Waals surface area contributed by atoms with Crippen LogP contribution in [0.25, 0.3) is 0 Å². The quantitative estimate of drug-likeness (QED) is 0.552. The van der Waals surface area contributed by atoms with Gasteiger partial charge in [0.2, 0.25) is 5.91 Å². The molecule has 212 valence electrons. The minimum Gasteiger partial charge on any atom is -0.393 e. The molecule has 1 aromatic heterocycles. The molecule has 0 radical (unpaired) electrons. The lowest BCUT2D eigenvalue weighted by molar-refractivity contribution is -0.140. The lowest BCUT2D eigenvalue weighted by atomic mass is 9.94. The van der Waals surface area contributed by atoms with Crippen molar-refractivity contribution in [1.29, 1.82) is 0 Å². The Morgan fingerprint density at radius 3 is 2.41 bits per heavy atom. The number of likely N-dealkylation sites (tertiary alicyclic amines) is 1. The third kappa shape index (κ3) is 5.73. The highest BCUT2D eigenvalue weighted by Crippen LogP contribution is 2.43. The van der Waals surface area contributed by atoms with Crippen LogP contribution in [0.1, 0.15) is 66.5 Å². The maximum absolute atomic E-state index is 14.5. The predicted molar refractivity (Wildman–Crippen MR) is 135 cm³/mol. The summed E-state index contributed by atoms with van der Waals surface area (Å²) < 4.78 is 54.0. The zero-order valence-corrected chi connectivity index (χ0v) is 21.7. The molecular formula is C27H33F4N5O3. The van der Waals surface area contributed by atoms with Crippen LogP contribution in [0.4, 0.5) is 23.4 Å². The molecule has 8 nitrogen and oxygen atoms in total. The third-order valence-corrected chi connectivity index (χ3v) is 8.17. The van der Waals surface area contributed by atoms with Crippen molar-refractivity contribution in [3.8, 4) is 0 Å². The molecule has 12 heteroatoms. The standard InChI is InChI=1S/C27H33F4N5O3/c1-16-12-22(38)24-23(16)25(33-15-32-24)35-8-10-36(11-9-35)26(39)19(14-34-6-4-18(37)5-7-34)17-2-3-20(21(28)13-17)27(29,30)31/h2-3,13,15-16,18-19,22,37-38H,4-12,14H2,1H3/t16-,19+,22-/m1/s1. The first-order chi connectivity index (χ1) is 18.5. The van der Waals surface area contributed by atoms with Crippen molar-refractivity contribution in [2.75, 3.05) is 50.7 Å². The average Bonchev–Trinajstić information content (AvgIpc) is 3.20. The summed E-state index contributed by atoms with van der Waals surface area (Å²) in [5.74, 6) is -1.65. The molecule has 2 saturated heterocycles. The monoisotopic (exact) mass is 551 g/mol. The maximum atomic E-state index is 14.5. The second-order valence-corrected chi connectivity index (χ2v) is 10.8. The van der Waals surface area contributed by atoms with Crippen molar-refractivity contribution < 1.29 is 32.6 Å². The second-order valence-electron chi connectivity index (χ2n) is 10.8. The van der Waals surface area contributed by atoms with E-state index in [1.807, 2.05) is 11.8 Å². The smallest absolute Gasteiger partial charge is 0.393 e. The summed E-state index contributed by atoms with van der Waals surface area (Å²) in [6.07, 6.45) is -2.76. The topological polar surface area (TPSA) is 93.0 Å². The first-order valence-electron chi connectivity index (χ1n) is 13.4. The van der Waals surface area contributed by atoms with Gasteiger partial charge in [-0.15, -0.1) is 0 Å². The summed E-state index contributed by atoms with van der Waals surface area (Å²) in [4.78, 5) is 28.3. The molecule has 0 spiro atoms. The fourth-order valence-electron chi connectivity index (χ4n) is 5.98. The molecule has 2 aliphatic heterocycles. The molecule has 2 aromatic rings. The van der Waals surface area contributed by atoms with Gasteiger partial charge in [0.15, 0.2) is 0 Å². The molecule has 2 N–H and O–H groups in total. The number of aliphatic hydroxyl groups excluding tert-OH is 2. The van der Waals surface area contributed by atoms with E-state index in [1.54, 1.807) is 4.90 Å². The van der Waals surface area contributed by atoms with E-state index in [0.29, 0.717) is 70.3 Å². The van der Waals surface area contributed by atoms with Crippen LogP contribution in [0.5, 0.6) is 0 Å². The highest BCUT2D eigenvalue weighted by molar-refractivity contribution is 5.84. The number of hydrogen-bond donors (Lipinski definition) is 2. The van der Waals surface area contributed by atoms with E-state index in [4.69, 9.17) is 0 Å². The molecular weight excluding hydrogens is 518 g/mol. The van der Waals surface area contributed by atoms with E-state index in [1.165, 1.54) is 12.4 Å². The Hall–Kier alpha value is -2.83. The predicted octanol–water partition coefficient (Wildman–Crippen LogP) is 3.06. The van der Waals surface area contributed by atoms with Crippen molar-refractivity contribution in [2.24, 2.45) is 0 Å². The zero-order chi connectivity index (χ0) is 27.9. The summed E-state index contributed by atoms with van der Waals surface area (Å²) in [7, 11) is 0. The van der Waals surface area contributed by atoms with Crippen LogP contribution in [-0.2, 0) is 11.0 Å². The normalized spacial score (nSPS) is 23.7. The van der Waals surface area contributed by atoms with E-state index in [0.717, 1.165) is 17.4 Å². The molecule has 5 rings (SSSR count).